The second-order valence-corrected chi connectivity index (χ2v) is 7.11. The summed E-state index contributed by atoms with van der Waals surface area (Å²) in [5, 5.41) is 3.76. The second kappa shape index (κ2) is 7.99. The third-order valence-electron chi connectivity index (χ3n) is 5.15. The third-order valence-corrected chi connectivity index (χ3v) is 5.15. The van der Waals surface area contributed by atoms with E-state index in [2.05, 4.69) is 5.32 Å². The topological polar surface area (TPSA) is 69.7 Å². The number of nitrogens with one attached hydrogen (secondary N) is 1. The molecular weight excluding hydrogens is 392 g/mol. The SMILES string of the molecule is COc1ccc(-c2cc(C(=O)Nc3ccc4c(c3)OCCO4)c3ccccc3n2)cc1. The number of pyridine rings is 1. The van der Waals surface area contributed by atoms with E-state index in [-0.39, 0.29) is 5.91 Å². The Labute approximate surface area is 179 Å². The van der Waals surface area contributed by atoms with E-state index in [1.807, 2.05) is 54.6 Å². The Bertz CT molecular complexity index is 1270. The fraction of sp³-hybridized carbons (Fsp3) is 0.120. The summed E-state index contributed by atoms with van der Waals surface area (Å²) < 4.78 is 16.4. The molecule has 0 radical (unpaired) electrons. The summed E-state index contributed by atoms with van der Waals surface area (Å²) in [5.74, 6) is 1.86. The minimum absolute atomic E-state index is 0.218. The van der Waals surface area contributed by atoms with Gasteiger partial charge < -0.3 is 19.5 Å². The maximum absolute atomic E-state index is 13.2. The molecule has 154 valence electrons. The molecular formula is C25H20N2O4. The molecule has 3 aromatic carbocycles. The smallest absolute Gasteiger partial charge is 0.256 e. The number of carbonyl (C=O) groups excluding carboxylic acids is 1. The van der Waals surface area contributed by atoms with Gasteiger partial charge in [-0.3, -0.25) is 4.79 Å². The van der Waals surface area contributed by atoms with E-state index < -0.39 is 0 Å². The zero-order valence-corrected chi connectivity index (χ0v) is 16.9. The number of carbonyl (C=O) groups is 1. The predicted molar refractivity (Wildman–Crippen MR) is 119 cm³/mol. The average Bonchev–Trinajstić information content (AvgIpc) is 2.83. The average molecular weight is 412 g/mol. The molecule has 4 aromatic rings. The fourth-order valence-electron chi connectivity index (χ4n) is 3.59. The van der Waals surface area contributed by atoms with Gasteiger partial charge in [0, 0.05) is 22.7 Å². The lowest BCUT2D eigenvalue weighted by atomic mass is 10.0. The predicted octanol–water partition coefficient (Wildman–Crippen LogP) is 4.93. The van der Waals surface area contributed by atoms with Crippen LogP contribution in [0.3, 0.4) is 0 Å². The number of hydrogen-bond donors (Lipinski definition) is 1. The van der Waals surface area contributed by atoms with Crippen LogP contribution in [0.5, 0.6) is 17.2 Å². The number of benzene rings is 3. The van der Waals surface area contributed by atoms with Gasteiger partial charge in [-0.1, -0.05) is 18.2 Å². The summed E-state index contributed by atoms with van der Waals surface area (Å²) in [4.78, 5) is 18.0. The van der Waals surface area contributed by atoms with Crippen LogP contribution in [0.4, 0.5) is 5.69 Å². The van der Waals surface area contributed by atoms with Crippen LogP contribution in [0.1, 0.15) is 10.4 Å². The van der Waals surface area contributed by atoms with E-state index in [0.717, 1.165) is 22.2 Å². The standard InChI is InChI=1S/C25H20N2O4/c1-29-18-9-6-16(7-10-18)22-15-20(19-4-2-3-5-21(19)27-22)25(28)26-17-8-11-23-24(14-17)31-13-12-30-23/h2-11,14-15H,12-13H2,1H3,(H,26,28). The molecule has 5 rings (SSSR count). The molecule has 0 spiro atoms. The zero-order chi connectivity index (χ0) is 21.2. The Balaban J connectivity index is 1.52. The lowest BCUT2D eigenvalue weighted by molar-refractivity contribution is 0.102. The number of nitrogens with zero attached hydrogens (tertiary/aromatic N) is 1. The van der Waals surface area contributed by atoms with Crippen molar-refractivity contribution < 1.29 is 19.0 Å². The number of para-hydroxylation sites is 1. The fourth-order valence-corrected chi connectivity index (χ4v) is 3.59. The summed E-state index contributed by atoms with van der Waals surface area (Å²) in [6.07, 6.45) is 0. The summed E-state index contributed by atoms with van der Waals surface area (Å²) in [7, 11) is 1.63. The molecule has 1 aromatic heterocycles. The lowest BCUT2D eigenvalue weighted by Crippen LogP contribution is -2.16. The molecule has 1 aliphatic rings. The molecule has 0 fully saturated rings. The summed E-state index contributed by atoms with van der Waals surface area (Å²) in [5.41, 5.74) is 3.56. The van der Waals surface area contributed by atoms with Crippen molar-refractivity contribution in [2.24, 2.45) is 0 Å². The van der Waals surface area contributed by atoms with Crippen molar-refractivity contribution in [2.45, 2.75) is 0 Å². The van der Waals surface area contributed by atoms with E-state index in [4.69, 9.17) is 19.2 Å². The second-order valence-electron chi connectivity index (χ2n) is 7.11. The highest BCUT2D eigenvalue weighted by Crippen LogP contribution is 2.33. The number of aromatic nitrogens is 1. The van der Waals surface area contributed by atoms with Crippen molar-refractivity contribution in [3.8, 4) is 28.5 Å². The van der Waals surface area contributed by atoms with Gasteiger partial charge in [0.2, 0.25) is 0 Å². The van der Waals surface area contributed by atoms with E-state index in [1.54, 1.807) is 25.3 Å². The maximum atomic E-state index is 13.2. The van der Waals surface area contributed by atoms with Gasteiger partial charge in [0.25, 0.3) is 5.91 Å². The van der Waals surface area contributed by atoms with Gasteiger partial charge in [-0.2, -0.15) is 0 Å². The van der Waals surface area contributed by atoms with Crippen LogP contribution in [-0.4, -0.2) is 31.2 Å². The van der Waals surface area contributed by atoms with Gasteiger partial charge in [0.05, 0.1) is 23.9 Å². The molecule has 1 aliphatic heterocycles. The first-order valence-corrected chi connectivity index (χ1v) is 9.96. The summed E-state index contributed by atoms with van der Waals surface area (Å²) in [6.45, 7) is 1.01. The Hall–Kier alpha value is -4.06. The summed E-state index contributed by atoms with van der Waals surface area (Å²) >= 11 is 0. The Morgan fingerprint density at radius 1 is 0.935 bits per heavy atom. The number of ether oxygens (including phenoxy) is 3. The molecule has 0 unspecified atom stereocenters. The van der Waals surface area contributed by atoms with Crippen molar-refractivity contribution in [3.05, 3.63) is 78.4 Å². The van der Waals surface area contributed by atoms with E-state index in [1.165, 1.54) is 0 Å². The largest absolute Gasteiger partial charge is 0.497 e. The number of amides is 1. The van der Waals surface area contributed by atoms with Gasteiger partial charge >= 0.3 is 0 Å². The molecule has 0 saturated carbocycles. The van der Waals surface area contributed by atoms with Crippen molar-refractivity contribution >= 4 is 22.5 Å². The number of rotatable bonds is 4. The first-order valence-electron chi connectivity index (χ1n) is 9.96. The highest BCUT2D eigenvalue weighted by atomic mass is 16.6. The van der Waals surface area contributed by atoms with Gasteiger partial charge in [-0.05, 0) is 48.5 Å². The van der Waals surface area contributed by atoms with Crippen molar-refractivity contribution in [2.75, 3.05) is 25.6 Å². The minimum atomic E-state index is -0.218. The summed E-state index contributed by atoms with van der Waals surface area (Å²) in [6, 6.07) is 22.4. The van der Waals surface area contributed by atoms with Crippen LogP contribution in [0.2, 0.25) is 0 Å². The van der Waals surface area contributed by atoms with Crippen LogP contribution in [0, 0.1) is 0 Å². The van der Waals surface area contributed by atoms with Crippen LogP contribution in [0.25, 0.3) is 22.2 Å². The quantitative estimate of drug-likeness (QED) is 0.514. The Kier molecular flexibility index (Phi) is 4.88. The molecule has 0 saturated heterocycles. The minimum Gasteiger partial charge on any atom is -0.497 e. The van der Waals surface area contributed by atoms with Gasteiger partial charge in [0.1, 0.15) is 19.0 Å². The molecule has 0 bridgehead atoms. The molecule has 1 N–H and O–H groups in total. The van der Waals surface area contributed by atoms with Gasteiger partial charge in [-0.25, -0.2) is 4.98 Å². The van der Waals surface area contributed by atoms with Crippen LogP contribution in [0.15, 0.2) is 72.8 Å². The molecule has 2 heterocycles. The Morgan fingerprint density at radius 3 is 2.52 bits per heavy atom. The van der Waals surface area contributed by atoms with Gasteiger partial charge in [0.15, 0.2) is 11.5 Å². The molecule has 0 aliphatic carbocycles. The number of methoxy groups -OCH3 is 1. The highest BCUT2D eigenvalue weighted by molar-refractivity contribution is 6.13. The molecule has 0 atom stereocenters. The first kappa shape index (κ1) is 18.9. The molecule has 1 amide bonds. The molecule has 6 heteroatoms. The monoisotopic (exact) mass is 412 g/mol. The zero-order valence-electron chi connectivity index (χ0n) is 16.9. The van der Waals surface area contributed by atoms with Crippen molar-refractivity contribution in [3.63, 3.8) is 0 Å². The van der Waals surface area contributed by atoms with Crippen molar-refractivity contribution in [1.29, 1.82) is 0 Å². The van der Waals surface area contributed by atoms with E-state index in [9.17, 15) is 4.79 Å². The molecule has 31 heavy (non-hydrogen) atoms. The lowest BCUT2D eigenvalue weighted by Gasteiger charge is -2.19. The number of hydrogen-bond acceptors (Lipinski definition) is 5. The van der Waals surface area contributed by atoms with Crippen LogP contribution >= 0.6 is 0 Å². The number of anilines is 1. The van der Waals surface area contributed by atoms with Crippen molar-refractivity contribution in [1.82, 2.24) is 4.98 Å². The maximum Gasteiger partial charge on any atom is 0.256 e. The normalized spacial score (nSPS) is 12.4. The van der Waals surface area contributed by atoms with Crippen LogP contribution in [-0.2, 0) is 0 Å². The number of fused-ring (bicyclic) bond motifs is 2. The van der Waals surface area contributed by atoms with E-state index in [0.29, 0.717) is 41.7 Å². The van der Waals surface area contributed by atoms with Crippen LogP contribution < -0.4 is 19.5 Å². The third kappa shape index (κ3) is 3.75. The van der Waals surface area contributed by atoms with E-state index >= 15 is 0 Å². The Morgan fingerprint density at radius 2 is 1.71 bits per heavy atom. The first-order chi connectivity index (χ1) is 15.2. The highest BCUT2D eigenvalue weighted by Gasteiger charge is 2.16. The molecule has 6 nitrogen and oxygen atoms in total. The van der Waals surface area contributed by atoms with Gasteiger partial charge in [-0.15, -0.1) is 0 Å².